The van der Waals surface area contributed by atoms with E-state index in [0.29, 0.717) is 16.6 Å². The second-order valence-corrected chi connectivity index (χ2v) is 13.4. The van der Waals surface area contributed by atoms with Gasteiger partial charge in [0.25, 0.3) is 0 Å². The van der Waals surface area contributed by atoms with Crippen LogP contribution in [0.15, 0.2) is 22.9 Å². The number of rotatable bonds is 5. The summed E-state index contributed by atoms with van der Waals surface area (Å²) in [6, 6.07) is 2.17. The molecule has 2 heterocycles. The molecule has 0 atom stereocenters. The smallest absolute Gasteiger partial charge is 0.171 e. The first kappa shape index (κ1) is 17.5. The van der Waals surface area contributed by atoms with E-state index in [1.807, 2.05) is 6.20 Å². The van der Waals surface area contributed by atoms with E-state index >= 15 is 0 Å². The summed E-state index contributed by atoms with van der Waals surface area (Å²) in [5.41, 5.74) is 3.01. The van der Waals surface area contributed by atoms with Crippen molar-refractivity contribution in [1.29, 1.82) is 0 Å². The zero-order chi connectivity index (χ0) is 16.7. The average molecular weight is 383 g/mol. The van der Waals surface area contributed by atoms with Gasteiger partial charge in [-0.2, -0.15) is 0 Å². The molecule has 0 amide bonds. The lowest BCUT2D eigenvalue weighted by atomic mass is 10.3. The van der Waals surface area contributed by atoms with E-state index in [-0.39, 0.29) is 0 Å². The van der Waals surface area contributed by atoms with Crippen molar-refractivity contribution in [3.63, 3.8) is 0 Å². The second-order valence-electron chi connectivity index (χ2n) is 6.91. The van der Waals surface area contributed by atoms with Crippen molar-refractivity contribution in [3.8, 4) is 5.75 Å². The molecular formula is C17H27BrN2OSi. The van der Waals surface area contributed by atoms with Crippen LogP contribution in [0.2, 0.25) is 16.6 Å². The van der Waals surface area contributed by atoms with Crippen molar-refractivity contribution in [2.75, 3.05) is 7.11 Å². The Morgan fingerprint density at radius 1 is 1.09 bits per heavy atom. The van der Waals surface area contributed by atoms with E-state index in [0.717, 1.165) is 21.3 Å². The van der Waals surface area contributed by atoms with E-state index in [4.69, 9.17) is 9.72 Å². The lowest BCUT2D eigenvalue weighted by Crippen LogP contribution is -2.51. The molecule has 0 saturated carbocycles. The molecule has 2 rings (SSSR count). The van der Waals surface area contributed by atoms with Gasteiger partial charge in [0.15, 0.2) is 14.0 Å². The summed E-state index contributed by atoms with van der Waals surface area (Å²) >= 11 is 3.67. The topological polar surface area (TPSA) is 27.1 Å². The predicted molar refractivity (Wildman–Crippen MR) is 100 cm³/mol. The van der Waals surface area contributed by atoms with Crippen LogP contribution in [0, 0.1) is 0 Å². The Morgan fingerprint density at radius 2 is 1.64 bits per heavy atom. The first-order valence-electron chi connectivity index (χ1n) is 7.98. The number of pyridine rings is 1. The van der Waals surface area contributed by atoms with Gasteiger partial charge in [-0.1, -0.05) is 41.5 Å². The van der Waals surface area contributed by atoms with Crippen LogP contribution < -0.4 is 4.74 Å². The van der Waals surface area contributed by atoms with Crippen LogP contribution >= 0.6 is 15.9 Å². The predicted octanol–water partition coefficient (Wildman–Crippen LogP) is 5.83. The van der Waals surface area contributed by atoms with Crippen molar-refractivity contribution >= 4 is 35.2 Å². The minimum atomic E-state index is -1.77. The molecule has 0 N–H and O–H groups in total. The van der Waals surface area contributed by atoms with E-state index in [9.17, 15) is 0 Å². The zero-order valence-corrected chi connectivity index (χ0v) is 17.2. The van der Waals surface area contributed by atoms with Gasteiger partial charge >= 0.3 is 0 Å². The highest BCUT2D eigenvalue weighted by Crippen LogP contribution is 2.45. The third-order valence-corrected chi connectivity index (χ3v) is 12.6. The van der Waals surface area contributed by atoms with Crippen LogP contribution in [0.3, 0.4) is 0 Å². The molecule has 22 heavy (non-hydrogen) atoms. The maximum atomic E-state index is 5.38. The SMILES string of the molecule is COc1cnc2c(ccn2[Si](C(C)C)(C(C)C)C(C)C)c1Br. The molecule has 0 aliphatic carbocycles. The Kier molecular flexibility index (Phi) is 5.07. The Morgan fingerprint density at radius 3 is 2.09 bits per heavy atom. The van der Waals surface area contributed by atoms with Crippen LogP contribution in [0.1, 0.15) is 41.5 Å². The number of halogens is 1. The second kappa shape index (κ2) is 6.36. The number of ether oxygens (including phenoxy) is 1. The molecule has 3 nitrogen and oxygen atoms in total. The number of methoxy groups -OCH3 is 1. The summed E-state index contributed by atoms with van der Waals surface area (Å²) in [6.07, 6.45) is 4.07. The summed E-state index contributed by atoms with van der Waals surface area (Å²) in [7, 11) is -0.0933. The molecule has 0 unspecified atom stereocenters. The fraction of sp³-hybridized carbons (Fsp3) is 0.588. The van der Waals surface area contributed by atoms with Crippen LogP contribution in [-0.4, -0.2) is 24.6 Å². The van der Waals surface area contributed by atoms with Gasteiger partial charge in [-0.05, 0) is 44.8 Å². The van der Waals surface area contributed by atoms with E-state index in [2.05, 4.69) is 74.0 Å². The number of hydrogen-bond donors (Lipinski definition) is 0. The molecule has 5 heteroatoms. The molecule has 0 radical (unpaired) electrons. The van der Waals surface area contributed by atoms with Crippen LogP contribution in [0.4, 0.5) is 0 Å². The Balaban J connectivity index is 2.79. The molecule has 0 aliphatic rings. The maximum absolute atomic E-state index is 5.38. The molecule has 0 aliphatic heterocycles. The van der Waals surface area contributed by atoms with Crippen molar-refractivity contribution in [3.05, 3.63) is 22.9 Å². The highest BCUT2D eigenvalue weighted by atomic mass is 79.9. The molecule has 2 aromatic heterocycles. The summed E-state index contributed by atoms with van der Waals surface area (Å²) in [5.74, 6) is 0.788. The van der Waals surface area contributed by atoms with E-state index in [1.165, 1.54) is 0 Å². The summed E-state index contributed by atoms with van der Waals surface area (Å²) < 4.78 is 8.90. The van der Waals surface area contributed by atoms with Crippen molar-refractivity contribution in [2.24, 2.45) is 0 Å². The molecule has 2 aromatic rings. The Labute approximate surface area is 143 Å². The lowest BCUT2D eigenvalue weighted by Gasteiger charge is -2.44. The lowest BCUT2D eigenvalue weighted by molar-refractivity contribution is 0.411. The van der Waals surface area contributed by atoms with Crippen LogP contribution in [0.5, 0.6) is 5.75 Å². The number of fused-ring (bicyclic) bond motifs is 1. The van der Waals surface area contributed by atoms with Gasteiger partial charge in [-0.15, -0.1) is 0 Å². The number of nitrogens with zero attached hydrogens (tertiary/aromatic N) is 2. The van der Waals surface area contributed by atoms with Crippen LogP contribution in [0.25, 0.3) is 11.0 Å². The van der Waals surface area contributed by atoms with Gasteiger partial charge in [0.05, 0.1) is 17.8 Å². The van der Waals surface area contributed by atoms with Crippen LogP contribution in [-0.2, 0) is 0 Å². The van der Waals surface area contributed by atoms with E-state index < -0.39 is 8.24 Å². The van der Waals surface area contributed by atoms with Gasteiger partial charge in [0.1, 0.15) is 5.65 Å². The van der Waals surface area contributed by atoms with Gasteiger partial charge in [-0.25, -0.2) is 4.98 Å². The molecule has 0 fully saturated rings. The first-order valence-corrected chi connectivity index (χ1v) is 11.0. The third kappa shape index (κ3) is 2.42. The Hall–Kier alpha value is -0.813. The van der Waals surface area contributed by atoms with E-state index in [1.54, 1.807) is 7.11 Å². The largest absolute Gasteiger partial charge is 0.494 e. The van der Waals surface area contributed by atoms with Gasteiger partial charge in [-0.3, -0.25) is 0 Å². The normalized spacial score (nSPS) is 12.9. The third-order valence-electron chi connectivity index (χ3n) is 5.03. The minimum absolute atomic E-state index is 0.644. The summed E-state index contributed by atoms with van der Waals surface area (Å²) in [4.78, 5) is 4.73. The number of aromatic nitrogens is 2. The maximum Gasteiger partial charge on any atom is 0.171 e. The molecule has 122 valence electrons. The molecular weight excluding hydrogens is 356 g/mol. The Bertz CT molecular complexity index is 642. The fourth-order valence-electron chi connectivity index (χ4n) is 4.33. The monoisotopic (exact) mass is 382 g/mol. The minimum Gasteiger partial charge on any atom is -0.494 e. The van der Waals surface area contributed by atoms with Gasteiger partial charge in [0.2, 0.25) is 0 Å². The van der Waals surface area contributed by atoms with Crippen molar-refractivity contribution in [1.82, 2.24) is 9.22 Å². The quantitative estimate of drug-likeness (QED) is 0.607. The standard InChI is InChI=1S/C17H27BrN2OSi/c1-11(2)22(12(3)4,13(5)6)20-9-8-14-16(18)15(21-7)10-19-17(14)20/h8-13H,1-7H3. The molecule has 0 saturated heterocycles. The number of hydrogen-bond acceptors (Lipinski definition) is 2. The molecule has 0 aromatic carbocycles. The zero-order valence-electron chi connectivity index (χ0n) is 14.6. The highest BCUT2D eigenvalue weighted by Gasteiger charge is 2.46. The van der Waals surface area contributed by atoms with Gasteiger partial charge in [0, 0.05) is 5.39 Å². The highest BCUT2D eigenvalue weighted by molar-refractivity contribution is 9.10. The molecule has 0 bridgehead atoms. The van der Waals surface area contributed by atoms with Gasteiger partial charge < -0.3 is 8.97 Å². The fourth-order valence-corrected chi connectivity index (χ4v) is 11.4. The van der Waals surface area contributed by atoms with Crippen molar-refractivity contribution < 1.29 is 4.74 Å². The molecule has 0 spiro atoms. The first-order chi connectivity index (χ1) is 10.3. The average Bonchev–Trinajstić information content (AvgIpc) is 2.84. The summed E-state index contributed by atoms with van der Waals surface area (Å²) in [6.45, 7) is 14.2. The summed E-state index contributed by atoms with van der Waals surface area (Å²) in [5, 5.41) is 1.14. The van der Waals surface area contributed by atoms with Crippen molar-refractivity contribution in [2.45, 2.75) is 58.2 Å².